The molecule has 1 aromatic carbocycles. The Morgan fingerprint density at radius 1 is 1.04 bits per heavy atom. The van der Waals surface area contributed by atoms with Gasteiger partial charge in [-0.15, -0.1) is 0 Å². The highest BCUT2D eigenvalue weighted by molar-refractivity contribution is 5.81. The van der Waals surface area contributed by atoms with E-state index in [1.54, 1.807) is 12.1 Å². The number of hydrogen-bond donors (Lipinski definition) is 1. The van der Waals surface area contributed by atoms with Crippen molar-refractivity contribution in [1.29, 1.82) is 0 Å². The lowest BCUT2D eigenvalue weighted by Crippen LogP contribution is -2.60. The van der Waals surface area contributed by atoms with Crippen molar-refractivity contribution < 1.29 is 18.7 Å². The Bertz CT molecular complexity index is 635. The lowest BCUT2D eigenvalue weighted by molar-refractivity contribution is -0.149. The first-order valence-electron chi connectivity index (χ1n) is 9.21. The summed E-state index contributed by atoms with van der Waals surface area (Å²) >= 11 is 0. The Morgan fingerprint density at radius 2 is 1.60 bits per heavy atom. The van der Waals surface area contributed by atoms with E-state index in [-0.39, 0.29) is 30.3 Å². The van der Waals surface area contributed by atoms with Crippen LogP contribution in [-0.4, -0.2) is 24.0 Å². The summed E-state index contributed by atoms with van der Waals surface area (Å²) in [5.74, 6) is 1.27. The van der Waals surface area contributed by atoms with E-state index in [0.717, 1.165) is 37.0 Å². The van der Waals surface area contributed by atoms with Crippen LogP contribution in [0.4, 0.5) is 4.39 Å². The van der Waals surface area contributed by atoms with Crippen molar-refractivity contribution >= 4 is 11.9 Å². The lowest BCUT2D eigenvalue weighted by Gasteiger charge is -2.56. The topological polar surface area (TPSA) is 55.4 Å². The quantitative estimate of drug-likeness (QED) is 0.835. The second kappa shape index (κ2) is 6.43. The number of rotatable bonds is 5. The Hall–Kier alpha value is -1.91. The van der Waals surface area contributed by atoms with E-state index < -0.39 is 5.97 Å². The van der Waals surface area contributed by atoms with Crippen molar-refractivity contribution in [2.45, 2.75) is 50.5 Å². The van der Waals surface area contributed by atoms with Gasteiger partial charge in [0, 0.05) is 5.54 Å². The highest BCUT2D eigenvalue weighted by Crippen LogP contribution is 2.55. The largest absolute Gasteiger partial charge is 0.455 e. The number of amides is 1. The fourth-order valence-corrected chi connectivity index (χ4v) is 5.56. The minimum Gasteiger partial charge on any atom is -0.455 e. The van der Waals surface area contributed by atoms with Crippen LogP contribution in [0.15, 0.2) is 24.3 Å². The fourth-order valence-electron chi connectivity index (χ4n) is 5.56. The minimum atomic E-state index is -0.465. The number of nitrogens with one attached hydrogen (secondary N) is 1. The highest BCUT2D eigenvalue weighted by atomic mass is 19.1. The molecule has 0 aromatic heterocycles. The van der Waals surface area contributed by atoms with Crippen LogP contribution in [0, 0.1) is 23.6 Å². The van der Waals surface area contributed by atoms with Crippen LogP contribution in [0.5, 0.6) is 0 Å². The molecule has 4 aliphatic rings. The van der Waals surface area contributed by atoms with Crippen molar-refractivity contribution in [3.05, 3.63) is 35.6 Å². The minimum absolute atomic E-state index is 0.0466. The van der Waals surface area contributed by atoms with Crippen molar-refractivity contribution in [2.75, 3.05) is 6.61 Å². The molecular formula is C20H24FNO3. The van der Waals surface area contributed by atoms with E-state index in [1.165, 1.54) is 31.4 Å². The zero-order chi connectivity index (χ0) is 17.4. The molecule has 0 unspecified atom stereocenters. The van der Waals surface area contributed by atoms with E-state index in [4.69, 9.17) is 4.74 Å². The highest BCUT2D eigenvalue weighted by Gasteiger charge is 2.51. The molecule has 4 saturated carbocycles. The molecule has 5 heteroatoms. The number of carbonyl (C=O) groups excluding carboxylic acids is 2. The molecule has 1 aromatic rings. The van der Waals surface area contributed by atoms with E-state index in [9.17, 15) is 14.0 Å². The molecule has 1 N–H and O–H groups in total. The molecule has 4 bridgehead atoms. The second-order valence-electron chi connectivity index (χ2n) is 8.21. The molecular weight excluding hydrogens is 321 g/mol. The maximum atomic E-state index is 12.9. The van der Waals surface area contributed by atoms with Crippen molar-refractivity contribution in [3.8, 4) is 0 Å². The van der Waals surface area contributed by atoms with Gasteiger partial charge in [0.2, 0.25) is 0 Å². The van der Waals surface area contributed by atoms with Crippen LogP contribution >= 0.6 is 0 Å². The summed E-state index contributed by atoms with van der Waals surface area (Å²) in [6.07, 6.45) is 7.24. The fraction of sp³-hybridized carbons (Fsp3) is 0.600. The number of carbonyl (C=O) groups is 2. The van der Waals surface area contributed by atoms with Crippen LogP contribution in [0.1, 0.15) is 44.1 Å². The average Bonchev–Trinajstić information content (AvgIpc) is 2.53. The van der Waals surface area contributed by atoms with E-state index in [1.807, 2.05) is 0 Å². The smallest absolute Gasteiger partial charge is 0.310 e. The third-order valence-electron chi connectivity index (χ3n) is 6.07. The molecule has 4 nitrogen and oxygen atoms in total. The molecule has 1 amide bonds. The van der Waals surface area contributed by atoms with Gasteiger partial charge in [-0.25, -0.2) is 4.39 Å². The average molecular weight is 345 g/mol. The predicted octanol–water partition coefficient (Wildman–Crippen LogP) is 3.00. The van der Waals surface area contributed by atoms with Crippen molar-refractivity contribution in [2.24, 2.45) is 17.8 Å². The van der Waals surface area contributed by atoms with Crippen LogP contribution in [-0.2, 0) is 20.7 Å². The van der Waals surface area contributed by atoms with Gasteiger partial charge >= 0.3 is 5.97 Å². The zero-order valence-corrected chi connectivity index (χ0v) is 14.3. The van der Waals surface area contributed by atoms with E-state index in [0.29, 0.717) is 5.56 Å². The van der Waals surface area contributed by atoms with Crippen LogP contribution in [0.2, 0.25) is 0 Å². The van der Waals surface area contributed by atoms with Crippen LogP contribution in [0.3, 0.4) is 0 Å². The lowest BCUT2D eigenvalue weighted by atomic mass is 9.53. The molecule has 5 rings (SSSR count). The van der Waals surface area contributed by atoms with Gasteiger partial charge in [-0.3, -0.25) is 9.59 Å². The molecule has 0 atom stereocenters. The van der Waals surface area contributed by atoms with E-state index >= 15 is 0 Å². The number of benzene rings is 1. The Kier molecular flexibility index (Phi) is 4.26. The summed E-state index contributed by atoms with van der Waals surface area (Å²) in [6.45, 7) is -0.234. The Balaban J connectivity index is 1.26. The molecule has 4 aliphatic carbocycles. The summed E-state index contributed by atoms with van der Waals surface area (Å²) in [6, 6.07) is 5.71. The first kappa shape index (κ1) is 16.6. The van der Waals surface area contributed by atoms with Gasteiger partial charge in [0.1, 0.15) is 5.82 Å². The van der Waals surface area contributed by atoms with Crippen LogP contribution < -0.4 is 5.32 Å². The number of hydrogen-bond acceptors (Lipinski definition) is 3. The van der Waals surface area contributed by atoms with Gasteiger partial charge < -0.3 is 10.1 Å². The first-order valence-corrected chi connectivity index (χ1v) is 9.21. The van der Waals surface area contributed by atoms with Gasteiger partial charge in [0.15, 0.2) is 6.61 Å². The maximum Gasteiger partial charge on any atom is 0.310 e. The maximum absolute atomic E-state index is 12.9. The number of halogens is 1. The summed E-state index contributed by atoms with van der Waals surface area (Å²) in [4.78, 5) is 24.2. The first-order chi connectivity index (χ1) is 12.0. The van der Waals surface area contributed by atoms with Gasteiger partial charge in [-0.2, -0.15) is 0 Å². The third kappa shape index (κ3) is 3.70. The van der Waals surface area contributed by atoms with Crippen molar-refractivity contribution in [1.82, 2.24) is 5.32 Å². The van der Waals surface area contributed by atoms with E-state index in [2.05, 4.69) is 5.32 Å². The molecule has 4 fully saturated rings. The summed E-state index contributed by atoms with van der Waals surface area (Å²) in [5, 5.41) is 3.19. The molecule has 0 heterocycles. The van der Waals surface area contributed by atoms with Gasteiger partial charge in [0.25, 0.3) is 5.91 Å². The normalized spacial score (nSPS) is 32.4. The number of ether oxygens (including phenoxy) is 1. The molecule has 25 heavy (non-hydrogen) atoms. The standard InChI is InChI=1S/C20H24FNO3/c21-17-3-1-13(2-4-17)8-19(24)25-12-18(23)22-20-9-14-5-15(10-20)7-16(6-14)11-20/h1-4,14-16H,5-12H2,(H,22,23). The predicted molar refractivity (Wildman–Crippen MR) is 90.1 cm³/mol. The third-order valence-corrected chi connectivity index (χ3v) is 6.07. The summed E-state index contributed by atoms with van der Waals surface area (Å²) < 4.78 is 18.0. The van der Waals surface area contributed by atoms with Crippen LogP contribution in [0.25, 0.3) is 0 Å². The Morgan fingerprint density at radius 3 is 2.16 bits per heavy atom. The second-order valence-corrected chi connectivity index (χ2v) is 8.21. The van der Waals surface area contributed by atoms with Gasteiger partial charge in [-0.05, 0) is 74.0 Å². The molecule has 134 valence electrons. The monoisotopic (exact) mass is 345 g/mol. The molecule has 0 spiro atoms. The van der Waals surface area contributed by atoms with Gasteiger partial charge in [-0.1, -0.05) is 12.1 Å². The van der Waals surface area contributed by atoms with Crippen molar-refractivity contribution in [3.63, 3.8) is 0 Å². The number of esters is 1. The summed E-state index contributed by atoms with van der Waals surface area (Å²) in [7, 11) is 0. The SMILES string of the molecule is O=C(COC(=O)Cc1ccc(F)cc1)NC12CC3CC(CC(C3)C1)C2. The molecule has 0 aliphatic heterocycles. The summed E-state index contributed by atoms with van der Waals surface area (Å²) in [5.41, 5.74) is 0.614. The Labute approximate surface area is 147 Å². The van der Waals surface area contributed by atoms with Gasteiger partial charge in [0.05, 0.1) is 6.42 Å². The zero-order valence-electron chi connectivity index (χ0n) is 14.3. The molecule has 0 radical (unpaired) electrons. The molecule has 0 saturated heterocycles.